The highest BCUT2D eigenvalue weighted by Crippen LogP contribution is 2.29. The van der Waals surface area contributed by atoms with Crippen LogP contribution in [0.4, 0.5) is 11.4 Å². The van der Waals surface area contributed by atoms with Crippen molar-refractivity contribution in [3.8, 4) is 0 Å². The summed E-state index contributed by atoms with van der Waals surface area (Å²) in [7, 11) is 1.27. The normalized spacial score (nSPS) is 19.0. The number of methoxy groups -OCH3 is 1. The molecule has 2 atom stereocenters. The van der Waals surface area contributed by atoms with Crippen LogP contribution in [-0.2, 0) is 9.47 Å². The summed E-state index contributed by atoms with van der Waals surface area (Å²) in [6.07, 6.45) is 0.915. The summed E-state index contributed by atoms with van der Waals surface area (Å²) in [6, 6.07) is 4.17. The van der Waals surface area contributed by atoms with Gasteiger partial charge < -0.3 is 14.8 Å². The summed E-state index contributed by atoms with van der Waals surface area (Å²) in [5.74, 6) is -0.226. The Morgan fingerprint density at radius 2 is 2.33 bits per heavy atom. The molecule has 114 valence electrons. The van der Waals surface area contributed by atoms with E-state index in [9.17, 15) is 14.9 Å². The molecule has 1 fully saturated rings. The minimum absolute atomic E-state index is 0.0131. The zero-order valence-electron chi connectivity index (χ0n) is 12.0. The van der Waals surface area contributed by atoms with Crippen LogP contribution in [0, 0.1) is 16.0 Å². The molecule has 2 unspecified atom stereocenters. The lowest BCUT2D eigenvalue weighted by molar-refractivity contribution is -0.384. The van der Waals surface area contributed by atoms with Gasteiger partial charge in [0.1, 0.15) is 5.69 Å². The fourth-order valence-corrected chi connectivity index (χ4v) is 2.37. The topological polar surface area (TPSA) is 90.7 Å². The molecule has 1 saturated heterocycles. The number of benzene rings is 1. The third kappa shape index (κ3) is 3.49. The molecule has 1 aromatic rings. The summed E-state index contributed by atoms with van der Waals surface area (Å²) in [5, 5.41) is 14.2. The van der Waals surface area contributed by atoms with Crippen LogP contribution in [0.3, 0.4) is 0 Å². The Balaban J connectivity index is 2.25. The molecule has 7 nitrogen and oxygen atoms in total. The number of ether oxygens (including phenoxy) is 2. The summed E-state index contributed by atoms with van der Waals surface area (Å²) in [4.78, 5) is 22.2. The largest absolute Gasteiger partial charge is 0.465 e. The minimum atomic E-state index is -0.523. The number of nitrogens with zero attached hydrogens (tertiary/aromatic N) is 1. The molecule has 0 aliphatic carbocycles. The lowest BCUT2D eigenvalue weighted by Crippen LogP contribution is -2.26. The number of nitro groups is 1. The molecule has 1 aliphatic rings. The van der Waals surface area contributed by atoms with Crippen molar-refractivity contribution in [2.24, 2.45) is 5.92 Å². The average Bonchev–Trinajstić information content (AvgIpc) is 3.00. The second-order valence-electron chi connectivity index (χ2n) is 5.04. The SMILES string of the molecule is COC(=O)c1ccc([N+](=O)[O-])c(NC(C)C2CCOC2)c1. The molecule has 0 spiro atoms. The van der Waals surface area contributed by atoms with Gasteiger partial charge >= 0.3 is 5.97 Å². The van der Waals surface area contributed by atoms with Crippen molar-refractivity contribution in [2.45, 2.75) is 19.4 Å². The summed E-state index contributed by atoms with van der Waals surface area (Å²) >= 11 is 0. The van der Waals surface area contributed by atoms with Crippen LogP contribution in [0.15, 0.2) is 18.2 Å². The fraction of sp³-hybridized carbons (Fsp3) is 0.500. The van der Waals surface area contributed by atoms with Crippen LogP contribution in [-0.4, -0.2) is 37.3 Å². The number of anilines is 1. The van der Waals surface area contributed by atoms with Crippen molar-refractivity contribution >= 4 is 17.3 Å². The predicted octanol–water partition coefficient (Wildman–Crippen LogP) is 2.22. The van der Waals surface area contributed by atoms with Crippen LogP contribution in [0.5, 0.6) is 0 Å². The van der Waals surface area contributed by atoms with Crippen LogP contribution < -0.4 is 5.32 Å². The van der Waals surface area contributed by atoms with Gasteiger partial charge in [0.15, 0.2) is 0 Å². The molecule has 21 heavy (non-hydrogen) atoms. The van der Waals surface area contributed by atoms with Crippen LogP contribution in [0.2, 0.25) is 0 Å². The first-order valence-corrected chi connectivity index (χ1v) is 6.74. The van der Waals surface area contributed by atoms with E-state index in [2.05, 4.69) is 10.1 Å². The van der Waals surface area contributed by atoms with E-state index in [1.165, 1.54) is 25.3 Å². The number of hydrogen-bond acceptors (Lipinski definition) is 6. The van der Waals surface area contributed by atoms with E-state index >= 15 is 0 Å². The Morgan fingerprint density at radius 3 is 2.90 bits per heavy atom. The van der Waals surface area contributed by atoms with Gasteiger partial charge in [0.05, 0.1) is 24.2 Å². The Bertz CT molecular complexity index is 540. The van der Waals surface area contributed by atoms with E-state index in [0.29, 0.717) is 24.8 Å². The fourth-order valence-electron chi connectivity index (χ4n) is 2.37. The molecular formula is C14H18N2O5. The first kappa shape index (κ1) is 15.2. The van der Waals surface area contributed by atoms with E-state index in [1.54, 1.807) is 0 Å². The Morgan fingerprint density at radius 1 is 1.57 bits per heavy atom. The van der Waals surface area contributed by atoms with Crippen molar-refractivity contribution in [1.82, 2.24) is 0 Å². The van der Waals surface area contributed by atoms with Gasteiger partial charge in [-0.1, -0.05) is 0 Å². The first-order valence-electron chi connectivity index (χ1n) is 6.74. The number of nitrogens with one attached hydrogen (secondary N) is 1. The molecule has 1 aliphatic heterocycles. The minimum Gasteiger partial charge on any atom is -0.465 e. The summed E-state index contributed by atoms with van der Waals surface area (Å²) in [5.41, 5.74) is 0.538. The molecule has 1 heterocycles. The quantitative estimate of drug-likeness (QED) is 0.508. The first-order chi connectivity index (χ1) is 10.0. The highest BCUT2D eigenvalue weighted by atomic mass is 16.6. The van der Waals surface area contributed by atoms with Crippen molar-refractivity contribution < 1.29 is 19.2 Å². The molecule has 1 aromatic carbocycles. The maximum atomic E-state index is 11.5. The molecule has 0 radical (unpaired) electrons. The maximum Gasteiger partial charge on any atom is 0.337 e. The van der Waals surface area contributed by atoms with Gasteiger partial charge in [-0.25, -0.2) is 4.79 Å². The number of nitro benzene ring substituents is 1. The molecule has 0 amide bonds. The zero-order valence-corrected chi connectivity index (χ0v) is 12.0. The maximum absolute atomic E-state index is 11.5. The monoisotopic (exact) mass is 294 g/mol. The smallest absolute Gasteiger partial charge is 0.337 e. The van der Waals surface area contributed by atoms with Crippen molar-refractivity contribution in [3.63, 3.8) is 0 Å². The molecule has 7 heteroatoms. The van der Waals surface area contributed by atoms with Gasteiger partial charge in [0.25, 0.3) is 5.69 Å². The number of rotatable bonds is 5. The van der Waals surface area contributed by atoms with E-state index in [-0.39, 0.29) is 17.3 Å². The molecule has 0 aromatic heterocycles. The van der Waals surface area contributed by atoms with Crippen LogP contribution >= 0.6 is 0 Å². The second-order valence-corrected chi connectivity index (χ2v) is 5.04. The van der Waals surface area contributed by atoms with E-state index in [1.807, 2.05) is 6.92 Å². The van der Waals surface area contributed by atoms with Crippen LogP contribution in [0.1, 0.15) is 23.7 Å². The van der Waals surface area contributed by atoms with Crippen molar-refractivity contribution in [2.75, 3.05) is 25.6 Å². The highest BCUT2D eigenvalue weighted by Gasteiger charge is 2.25. The predicted molar refractivity (Wildman–Crippen MR) is 76.4 cm³/mol. The standard InChI is InChI=1S/C14H18N2O5/c1-9(11-5-6-21-8-11)15-12-7-10(14(17)20-2)3-4-13(12)16(18)19/h3-4,7,9,11,15H,5-6,8H2,1-2H3. The van der Waals surface area contributed by atoms with Gasteiger partial charge in [0.2, 0.25) is 0 Å². The highest BCUT2D eigenvalue weighted by molar-refractivity contribution is 5.91. The molecule has 0 bridgehead atoms. The molecule has 2 rings (SSSR count). The summed E-state index contributed by atoms with van der Waals surface area (Å²) < 4.78 is 9.96. The number of carbonyl (C=O) groups excluding carboxylic acids is 1. The molecule has 1 N–H and O–H groups in total. The van der Waals surface area contributed by atoms with Gasteiger partial charge in [-0.3, -0.25) is 10.1 Å². The Labute approximate surface area is 122 Å². The average molecular weight is 294 g/mol. The van der Waals surface area contributed by atoms with Crippen molar-refractivity contribution in [1.29, 1.82) is 0 Å². The lowest BCUT2D eigenvalue weighted by Gasteiger charge is -2.20. The molecule has 0 saturated carbocycles. The Hall–Kier alpha value is -2.15. The van der Waals surface area contributed by atoms with Crippen molar-refractivity contribution in [3.05, 3.63) is 33.9 Å². The van der Waals surface area contributed by atoms with E-state index in [0.717, 1.165) is 6.42 Å². The van der Waals surface area contributed by atoms with Gasteiger partial charge in [-0.2, -0.15) is 0 Å². The second kappa shape index (κ2) is 6.53. The summed E-state index contributed by atoms with van der Waals surface area (Å²) in [6.45, 7) is 3.30. The van der Waals surface area contributed by atoms with E-state index in [4.69, 9.17) is 4.74 Å². The van der Waals surface area contributed by atoms with Gasteiger partial charge in [0, 0.05) is 24.6 Å². The zero-order chi connectivity index (χ0) is 15.4. The number of carbonyl (C=O) groups is 1. The lowest BCUT2D eigenvalue weighted by atomic mass is 10.00. The Kier molecular flexibility index (Phi) is 4.74. The third-order valence-corrected chi connectivity index (χ3v) is 3.67. The third-order valence-electron chi connectivity index (χ3n) is 3.67. The number of hydrogen-bond donors (Lipinski definition) is 1. The van der Waals surface area contributed by atoms with Gasteiger partial charge in [-0.15, -0.1) is 0 Å². The van der Waals surface area contributed by atoms with Crippen LogP contribution in [0.25, 0.3) is 0 Å². The van der Waals surface area contributed by atoms with E-state index < -0.39 is 10.9 Å². The number of esters is 1. The molecular weight excluding hydrogens is 276 g/mol. The van der Waals surface area contributed by atoms with Gasteiger partial charge in [-0.05, 0) is 25.5 Å².